The van der Waals surface area contributed by atoms with Crippen LogP contribution >= 0.6 is 0 Å². The monoisotopic (exact) mass is 532 g/mol. The lowest BCUT2D eigenvalue weighted by atomic mass is 9.41. The third-order valence-electron chi connectivity index (χ3n) is 12.9. The standard InChI is InChI=1S/C32H52O6/c1-18(33)37-25-13-14-30(6)21-12-16-31(7)20(19-17-23(38-27(19)35)26(34)29(4,5)36)11-15-32(31,8)22(21)9-10-24(30)28(25,2)3/h9,19-21,23-27,34-36H,10-17H2,1-8H3/t19-,20-,21-,23-,24+,25-,26-,27-,30+,31-,32+/m0/s1. The van der Waals surface area contributed by atoms with Crippen LogP contribution in [0.3, 0.4) is 0 Å². The number of hydrogen-bond acceptors (Lipinski definition) is 6. The first kappa shape index (κ1) is 28.6. The van der Waals surface area contributed by atoms with Gasteiger partial charge in [-0.15, -0.1) is 0 Å². The van der Waals surface area contributed by atoms with Crippen molar-refractivity contribution in [3.8, 4) is 0 Å². The highest BCUT2D eigenvalue weighted by atomic mass is 16.6. The Kier molecular flexibility index (Phi) is 6.79. The molecule has 216 valence electrons. The topological polar surface area (TPSA) is 96.2 Å². The molecule has 4 fully saturated rings. The minimum absolute atomic E-state index is 0.0237. The van der Waals surface area contributed by atoms with Gasteiger partial charge in [0.2, 0.25) is 0 Å². The van der Waals surface area contributed by atoms with Crippen molar-refractivity contribution in [2.45, 2.75) is 137 Å². The molecule has 5 aliphatic rings. The first-order chi connectivity index (χ1) is 17.5. The van der Waals surface area contributed by atoms with Crippen molar-refractivity contribution >= 4 is 5.97 Å². The SMILES string of the molecule is CC(=O)O[C@H]1CC[C@@]2(C)[C@H](CC=C3[C@@H]2CC[C@@]2(C)[C@H]([C@@H]4C[C@@H]([C@H](O)C(C)(C)O)O[C@@H]4O)CC[C@]32C)C1(C)C. The first-order valence-electron chi connectivity index (χ1n) is 15.1. The maximum absolute atomic E-state index is 11.9. The lowest BCUT2D eigenvalue weighted by Crippen LogP contribution is -2.58. The maximum Gasteiger partial charge on any atom is 0.302 e. The lowest BCUT2D eigenvalue weighted by Gasteiger charge is -2.64. The van der Waals surface area contributed by atoms with Crippen LogP contribution in [0.4, 0.5) is 0 Å². The molecule has 0 aromatic carbocycles. The van der Waals surface area contributed by atoms with E-state index in [1.54, 1.807) is 19.4 Å². The molecule has 0 bridgehead atoms. The van der Waals surface area contributed by atoms with Gasteiger partial charge in [-0.2, -0.15) is 0 Å². The van der Waals surface area contributed by atoms with E-state index in [2.05, 4.69) is 40.7 Å². The summed E-state index contributed by atoms with van der Waals surface area (Å²) in [5.74, 6) is 1.11. The molecule has 0 aromatic rings. The lowest BCUT2D eigenvalue weighted by molar-refractivity contribution is -0.177. The van der Waals surface area contributed by atoms with Crippen molar-refractivity contribution in [3.05, 3.63) is 11.6 Å². The van der Waals surface area contributed by atoms with Crippen LogP contribution in [0.25, 0.3) is 0 Å². The Labute approximate surface area is 229 Å². The molecule has 6 heteroatoms. The molecule has 0 amide bonds. The summed E-state index contributed by atoms with van der Waals surface area (Å²) in [4.78, 5) is 11.9. The van der Waals surface area contributed by atoms with Crippen molar-refractivity contribution in [2.24, 2.45) is 45.3 Å². The Hall–Kier alpha value is -0.950. The second-order valence-electron chi connectivity index (χ2n) is 15.5. The van der Waals surface area contributed by atoms with Crippen molar-refractivity contribution in [1.29, 1.82) is 0 Å². The Morgan fingerprint density at radius 3 is 2.42 bits per heavy atom. The summed E-state index contributed by atoms with van der Waals surface area (Å²) in [6.45, 7) is 16.8. The van der Waals surface area contributed by atoms with Crippen LogP contribution in [0.5, 0.6) is 0 Å². The molecule has 5 rings (SSSR count). The van der Waals surface area contributed by atoms with Gasteiger partial charge in [-0.3, -0.25) is 4.79 Å². The van der Waals surface area contributed by atoms with Gasteiger partial charge in [0, 0.05) is 18.3 Å². The second-order valence-corrected chi connectivity index (χ2v) is 15.5. The summed E-state index contributed by atoms with van der Waals surface area (Å²) in [6.07, 6.45) is 8.11. The van der Waals surface area contributed by atoms with Crippen LogP contribution in [0.1, 0.15) is 107 Å². The van der Waals surface area contributed by atoms with Gasteiger partial charge in [-0.1, -0.05) is 46.3 Å². The van der Waals surface area contributed by atoms with Crippen molar-refractivity contribution in [2.75, 3.05) is 0 Å². The highest BCUT2D eigenvalue weighted by Gasteiger charge is 2.67. The number of carbonyl (C=O) groups is 1. The molecule has 11 atom stereocenters. The second kappa shape index (κ2) is 9.03. The van der Waals surface area contributed by atoms with E-state index < -0.39 is 24.1 Å². The summed E-state index contributed by atoms with van der Waals surface area (Å²) in [6, 6.07) is 0. The molecule has 3 N–H and O–H groups in total. The normalized spacial score (nSPS) is 48.9. The Morgan fingerprint density at radius 2 is 1.79 bits per heavy atom. The quantitative estimate of drug-likeness (QED) is 0.332. The van der Waals surface area contributed by atoms with Gasteiger partial charge in [0.25, 0.3) is 0 Å². The molecule has 0 spiro atoms. The molecule has 6 nitrogen and oxygen atoms in total. The van der Waals surface area contributed by atoms with Crippen LogP contribution < -0.4 is 0 Å². The number of hydrogen-bond donors (Lipinski definition) is 3. The summed E-state index contributed by atoms with van der Waals surface area (Å²) in [5, 5.41) is 32.1. The van der Waals surface area contributed by atoms with Crippen LogP contribution in [0, 0.1) is 45.3 Å². The fourth-order valence-corrected chi connectivity index (χ4v) is 10.6. The predicted octanol–water partition coefficient (Wildman–Crippen LogP) is 5.38. The number of rotatable bonds is 4. The Morgan fingerprint density at radius 1 is 1.11 bits per heavy atom. The van der Waals surface area contributed by atoms with Crippen LogP contribution in [-0.2, 0) is 14.3 Å². The smallest absolute Gasteiger partial charge is 0.302 e. The van der Waals surface area contributed by atoms with E-state index in [9.17, 15) is 20.1 Å². The summed E-state index contributed by atoms with van der Waals surface area (Å²) < 4.78 is 11.7. The van der Waals surface area contributed by atoms with Crippen LogP contribution in [-0.4, -0.2) is 51.5 Å². The van der Waals surface area contributed by atoms with E-state index in [1.165, 1.54) is 6.92 Å². The number of esters is 1. The van der Waals surface area contributed by atoms with Crippen LogP contribution in [0.15, 0.2) is 11.6 Å². The molecule has 1 aliphatic heterocycles. The van der Waals surface area contributed by atoms with E-state index in [0.29, 0.717) is 24.2 Å². The molecule has 0 aromatic heterocycles. The van der Waals surface area contributed by atoms with Crippen molar-refractivity contribution in [1.82, 2.24) is 0 Å². The minimum Gasteiger partial charge on any atom is -0.462 e. The fraction of sp³-hybridized carbons (Fsp3) is 0.906. The van der Waals surface area contributed by atoms with Gasteiger partial charge in [-0.05, 0) is 99.2 Å². The summed E-state index contributed by atoms with van der Waals surface area (Å²) >= 11 is 0. The van der Waals surface area contributed by atoms with E-state index in [0.717, 1.165) is 44.9 Å². The van der Waals surface area contributed by atoms with Crippen molar-refractivity contribution in [3.63, 3.8) is 0 Å². The number of aliphatic hydroxyl groups excluding tert-OH is 2. The molecule has 0 radical (unpaired) electrons. The first-order valence-corrected chi connectivity index (χ1v) is 15.1. The number of fused-ring (bicyclic) bond motifs is 5. The number of allylic oxidation sites excluding steroid dienone is 2. The molecule has 3 saturated carbocycles. The van der Waals surface area contributed by atoms with Gasteiger partial charge in [-0.25, -0.2) is 0 Å². The molecule has 1 saturated heterocycles. The number of carbonyl (C=O) groups excluding carboxylic acids is 1. The van der Waals surface area contributed by atoms with Crippen molar-refractivity contribution < 1.29 is 29.6 Å². The van der Waals surface area contributed by atoms with E-state index in [1.807, 2.05) is 0 Å². The minimum atomic E-state index is -1.27. The van der Waals surface area contributed by atoms with E-state index >= 15 is 0 Å². The zero-order valence-corrected chi connectivity index (χ0v) is 24.9. The fourth-order valence-electron chi connectivity index (χ4n) is 10.6. The molecule has 1 heterocycles. The third kappa shape index (κ3) is 3.98. The number of aliphatic hydroxyl groups is 3. The highest BCUT2D eigenvalue weighted by molar-refractivity contribution is 5.66. The zero-order valence-electron chi connectivity index (χ0n) is 24.9. The van der Waals surface area contributed by atoms with Gasteiger partial charge in [0.1, 0.15) is 12.2 Å². The Balaban J connectivity index is 1.42. The summed E-state index contributed by atoms with van der Waals surface area (Å²) in [5.41, 5.74) is 0.597. The Bertz CT molecular complexity index is 981. The summed E-state index contributed by atoms with van der Waals surface area (Å²) in [7, 11) is 0. The molecular weight excluding hydrogens is 480 g/mol. The van der Waals surface area contributed by atoms with E-state index in [-0.39, 0.29) is 39.7 Å². The van der Waals surface area contributed by atoms with Gasteiger partial charge < -0.3 is 24.8 Å². The predicted molar refractivity (Wildman–Crippen MR) is 146 cm³/mol. The molecular formula is C32H52O6. The molecule has 38 heavy (non-hydrogen) atoms. The average Bonchev–Trinajstić information content (AvgIpc) is 3.31. The van der Waals surface area contributed by atoms with Gasteiger partial charge in [0.15, 0.2) is 6.29 Å². The van der Waals surface area contributed by atoms with E-state index in [4.69, 9.17) is 9.47 Å². The third-order valence-corrected chi connectivity index (χ3v) is 12.9. The zero-order chi connectivity index (χ0) is 28.1. The highest BCUT2D eigenvalue weighted by Crippen LogP contribution is 2.74. The largest absolute Gasteiger partial charge is 0.462 e. The van der Waals surface area contributed by atoms with Gasteiger partial charge in [0.05, 0.1) is 11.7 Å². The van der Waals surface area contributed by atoms with Crippen LogP contribution in [0.2, 0.25) is 0 Å². The average molecular weight is 533 g/mol. The molecule has 0 unspecified atom stereocenters. The maximum atomic E-state index is 11.9. The number of ether oxygens (including phenoxy) is 2. The molecule has 4 aliphatic carbocycles. The van der Waals surface area contributed by atoms with Gasteiger partial charge >= 0.3 is 5.97 Å².